The van der Waals surface area contributed by atoms with E-state index in [2.05, 4.69) is 4.74 Å². The predicted octanol–water partition coefficient (Wildman–Crippen LogP) is 2.82. The molecule has 0 heterocycles. The van der Waals surface area contributed by atoms with Gasteiger partial charge in [0.2, 0.25) is 6.04 Å². The summed E-state index contributed by atoms with van der Waals surface area (Å²) in [6.07, 6.45) is -1.02. The van der Waals surface area contributed by atoms with Gasteiger partial charge in [0, 0.05) is 11.3 Å². The van der Waals surface area contributed by atoms with Crippen LogP contribution < -0.4 is 0 Å². The third kappa shape index (κ3) is 7.93. The second-order valence-electron chi connectivity index (χ2n) is 6.78. The Bertz CT molecular complexity index is 548. The number of carbonyl (C=O) groups is 1. The van der Waals surface area contributed by atoms with Crippen LogP contribution in [-0.2, 0) is 20.9 Å². The lowest BCUT2D eigenvalue weighted by Gasteiger charge is -2.25. The fourth-order valence-corrected chi connectivity index (χ4v) is 2.71. The quantitative estimate of drug-likeness (QED) is 0.346. The summed E-state index contributed by atoms with van der Waals surface area (Å²) in [5, 5.41) is 21.6. The Morgan fingerprint density at radius 3 is 2.46 bits per heavy atom. The predicted molar refractivity (Wildman–Crippen MR) is 97.1 cm³/mol. The molecule has 26 heavy (non-hydrogen) atoms. The molecule has 0 aliphatic rings. The highest BCUT2D eigenvalue weighted by Gasteiger charge is 2.33. The minimum absolute atomic E-state index is 0.0192. The molecule has 0 fully saturated rings. The summed E-state index contributed by atoms with van der Waals surface area (Å²) >= 11 is 0. The van der Waals surface area contributed by atoms with Gasteiger partial charge in [-0.25, -0.2) is 0 Å². The first-order chi connectivity index (χ1) is 12.3. The fourth-order valence-electron chi connectivity index (χ4n) is 2.71. The SMILES string of the molecule is COC(=O)CC[C@@H]([C@@H](O)C[C@H](COCc1ccccc1)C(C)C)[N+](=O)[O-]. The molecule has 0 saturated carbocycles. The molecule has 1 aromatic rings. The van der Waals surface area contributed by atoms with Gasteiger partial charge >= 0.3 is 5.97 Å². The Kier molecular flexibility index (Phi) is 9.83. The molecule has 0 radical (unpaired) electrons. The summed E-state index contributed by atoms with van der Waals surface area (Å²) in [5.41, 5.74) is 1.05. The molecular weight excluding hydrogens is 338 g/mol. The maximum absolute atomic E-state index is 11.3. The van der Waals surface area contributed by atoms with Gasteiger partial charge in [-0.3, -0.25) is 14.9 Å². The summed E-state index contributed by atoms with van der Waals surface area (Å²) in [7, 11) is 1.23. The molecule has 1 aromatic carbocycles. The second kappa shape index (κ2) is 11.6. The van der Waals surface area contributed by atoms with Crippen LogP contribution in [0, 0.1) is 22.0 Å². The van der Waals surface area contributed by atoms with Gasteiger partial charge in [0.15, 0.2) is 0 Å². The van der Waals surface area contributed by atoms with Gasteiger partial charge in [0.25, 0.3) is 0 Å². The van der Waals surface area contributed by atoms with Crippen molar-refractivity contribution >= 4 is 5.97 Å². The van der Waals surface area contributed by atoms with Gasteiger partial charge < -0.3 is 14.6 Å². The van der Waals surface area contributed by atoms with Crippen molar-refractivity contribution in [2.75, 3.05) is 13.7 Å². The number of carbonyl (C=O) groups excluding carboxylic acids is 1. The van der Waals surface area contributed by atoms with Crippen LogP contribution in [0.25, 0.3) is 0 Å². The standard InChI is InChI=1S/C19H29NO6/c1-14(2)16(13-26-12-15-7-5-4-6-8-15)11-18(21)17(20(23)24)9-10-19(22)25-3/h4-8,14,16-18,21H,9-13H2,1-3H3/t16-,17+,18+/m1/s1. The van der Waals surface area contributed by atoms with E-state index < -0.39 is 23.0 Å². The molecule has 7 heteroatoms. The molecule has 0 amide bonds. The largest absolute Gasteiger partial charge is 0.469 e. The number of ether oxygens (including phenoxy) is 2. The molecule has 146 valence electrons. The van der Waals surface area contributed by atoms with Gasteiger partial charge in [0.1, 0.15) is 6.10 Å². The first-order valence-corrected chi connectivity index (χ1v) is 8.85. The van der Waals surface area contributed by atoms with Crippen molar-refractivity contribution in [1.29, 1.82) is 0 Å². The van der Waals surface area contributed by atoms with Crippen molar-refractivity contribution < 1.29 is 24.3 Å². The van der Waals surface area contributed by atoms with Gasteiger partial charge in [-0.05, 0) is 23.8 Å². The molecule has 0 aliphatic heterocycles. The molecule has 0 aromatic heterocycles. The van der Waals surface area contributed by atoms with Crippen LogP contribution in [-0.4, -0.2) is 41.9 Å². The van der Waals surface area contributed by atoms with E-state index in [1.165, 1.54) is 7.11 Å². The number of hydrogen-bond donors (Lipinski definition) is 1. The van der Waals surface area contributed by atoms with Crippen LogP contribution in [0.2, 0.25) is 0 Å². The molecular formula is C19H29NO6. The zero-order valence-corrected chi connectivity index (χ0v) is 15.7. The highest BCUT2D eigenvalue weighted by atomic mass is 16.6. The molecule has 3 atom stereocenters. The first kappa shape index (κ1) is 22.1. The summed E-state index contributed by atoms with van der Waals surface area (Å²) < 4.78 is 10.3. The first-order valence-electron chi connectivity index (χ1n) is 8.85. The second-order valence-corrected chi connectivity index (χ2v) is 6.78. The summed E-state index contributed by atoms with van der Waals surface area (Å²) in [6.45, 7) is 4.87. The highest BCUT2D eigenvalue weighted by Crippen LogP contribution is 2.22. The number of esters is 1. The van der Waals surface area contributed by atoms with Gasteiger partial charge in [-0.2, -0.15) is 0 Å². The lowest BCUT2D eigenvalue weighted by molar-refractivity contribution is -0.535. The molecule has 1 rings (SSSR count). The molecule has 0 bridgehead atoms. The van der Waals surface area contributed by atoms with E-state index in [0.717, 1.165) is 5.56 Å². The van der Waals surface area contributed by atoms with Crippen molar-refractivity contribution in [3.8, 4) is 0 Å². The number of nitrogens with zero attached hydrogens (tertiary/aromatic N) is 1. The van der Waals surface area contributed by atoms with Crippen molar-refractivity contribution in [2.24, 2.45) is 11.8 Å². The van der Waals surface area contributed by atoms with Crippen LogP contribution >= 0.6 is 0 Å². The van der Waals surface area contributed by atoms with Crippen LogP contribution in [0.3, 0.4) is 0 Å². The highest BCUT2D eigenvalue weighted by molar-refractivity contribution is 5.69. The smallest absolute Gasteiger partial charge is 0.305 e. The maximum Gasteiger partial charge on any atom is 0.305 e. The van der Waals surface area contributed by atoms with Gasteiger partial charge in [-0.15, -0.1) is 0 Å². The number of nitro groups is 1. The van der Waals surface area contributed by atoms with Crippen molar-refractivity contribution in [1.82, 2.24) is 0 Å². The van der Waals surface area contributed by atoms with Crippen molar-refractivity contribution in [3.63, 3.8) is 0 Å². The summed E-state index contributed by atoms with van der Waals surface area (Å²) in [4.78, 5) is 22.0. The minimum Gasteiger partial charge on any atom is -0.469 e. The summed E-state index contributed by atoms with van der Waals surface area (Å²) in [6, 6.07) is 8.55. The average molecular weight is 367 g/mol. The number of aliphatic hydroxyl groups excluding tert-OH is 1. The summed E-state index contributed by atoms with van der Waals surface area (Å²) in [5.74, 6) is -0.335. The minimum atomic E-state index is -1.19. The topological polar surface area (TPSA) is 98.9 Å². The Morgan fingerprint density at radius 1 is 1.27 bits per heavy atom. The number of rotatable bonds is 12. The molecule has 0 saturated heterocycles. The zero-order valence-electron chi connectivity index (χ0n) is 15.7. The number of benzene rings is 1. The van der Waals surface area contributed by atoms with Gasteiger partial charge in [-0.1, -0.05) is 44.2 Å². The maximum atomic E-state index is 11.3. The van der Waals surface area contributed by atoms with E-state index in [1.807, 2.05) is 44.2 Å². The van der Waals surface area contributed by atoms with E-state index in [0.29, 0.717) is 13.2 Å². The lowest BCUT2D eigenvalue weighted by atomic mass is 9.88. The van der Waals surface area contributed by atoms with E-state index in [1.54, 1.807) is 0 Å². The number of hydrogen-bond acceptors (Lipinski definition) is 6. The fraction of sp³-hybridized carbons (Fsp3) is 0.632. The van der Waals surface area contributed by atoms with E-state index in [-0.39, 0.29) is 31.1 Å². The Balaban J connectivity index is 2.56. The molecule has 7 nitrogen and oxygen atoms in total. The molecule has 0 spiro atoms. The van der Waals surface area contributed by atoms with Crippen molar-refractivity contribution in [3.05, 3.63) is 46.0 Å². The van der Waals surface area contributed by atoms with Crippen LogP contribution in [0.15, 0.2) is 30.3 Å². The molecule has 0 aliphatic carbocycles. The van der Waals surface area contributed by atoms with E-state index in [4.69, 9.17) is 4.74 Å². The monoisotopic (exact) mass is 367 g/mol. The zero-order chi connectivity index (χ0) is 19.5. The van der Waals surface area contributed by atoms with E-state index in [9.17, 15) is 20.0 Å². The number of methoxy groups -OCH3 is 1. The van der Waals surface area contributed by atoms with E-state index >= 15 is 0 Å². The Hall–Kier alpha value is -1.99. The molecule has 1 N–H and O–H groups in total. The van der Waals surface area contributed by atoms with Crippen LogP contribution in [0.5, 0.6) is 0 Å². The normalized spacial score (nSPS) is 14.7. The Labute approximate surface area is 154 Å². The van der Waals surface area contributed by atoms with Gasteiger partial charge in [0.05, 0.1) is 26.7 Å². The molecule has 0 unspecified atom stereocenters. The average Bonchev–Trinajstić information content (AvgIpc) is 2.61. The third-order valence-electron chi connectivity index (χ3n) is 4.52. The van der Waals surface area contributed by atoms with Crippen molar-refractivity contribution in [2.45, 2.75) is 51.9 Å². The third-order valence-corrected chi connectivity index (χ3v) is 4.52. The Morgan fingerprint density at radius 2 is 1.92 bits per heavy atom. The van der Waals surface area contributed by atoms with Crippen LogP contribution in [0.1, 0.15) is 38.7 Å². The number of aliphatic hydroxyl groups is 1. The van der Waals surface area contributed by atoms with Crippen LogP contribution in [0.4, 0.5) is 0 Å². The lowest BCUT2D eigenvalue weighted by Crippen LogP contribution is -2.37.